The molecule has 2 aromatic rings. The Labute approximate surface area is 123 Å². The van der Waals surface area contributed by atoms with Crippen LogP contribution < -0.4 is 11.5 Å². The fraction of sp³-hybridized carbons (Fsp3) is 0.176. The number of nitrogen functional groups attached to an aromatic ring is 1. The Morgan fingerprint density at radius 1 is 1.00 bits per heavy atom. The number of anilines is 1. The zero-order valence-electron chi connectivity index (χ0n) is 11.4. The number of hydrogen-bond acceptors (Lipinski definition) is 3. The molecule has 0 saturated carbocycles. The van der Waals surface area contributed by atoms with Crippen molar-refractivity contribution in [3.05, 3.63) is 65.2 Å². The van der Waals surface area contributed by atoms with Crippen molar-refractivity contribution >= 4 is 17.0 Å². The Bertz CT molecular complexity index is 665. The van der Waals surface area contributed by atoms with Crippen molar-refractivity contribution in [2.45, 2.75) is 12.8 Å². The van der Waals surface area contributed by atoms with Gasteiger partial charge in [0, 0.05) is 27.1 Å². The van der Waals surface area contributed by atoms with E-state index in [-0.39, 0.29) is 0 Å². The summed E-state index contributed by atoms with van der Waals surface area (Å²) in [6.45, 7) is 2.21. The van der Waals surface area contributed by atoms with E-state index in [1.165, 1.54) is 15.3 Å². The van der Waals surface area contributed by atoms with Crippen molar-refractivity contribution in [1.29, 1.82) is 0 Å². The number of nitrogens with two attached hydrogens (primary N) is 2. The number of benzene rings is 1. The van der Waals surface area contributed by atoms with E-state index in [4.69, 9.17) is 11.5 Å². The van der Waals surface area contributed by atoms with Crippen molar-refractivity contribution in [3.63, 3.8) is 0 Å². The van der Waals surface area contributed by atoms with Gasteiger partial charge in [-0.25, -0.2) is 0 Å². The fourth-order valence-corrected chi connectivity index (χ4v) is 3.75. The molecular weight excluding hydrogens is 264 g/mol. The quantitative estimate of drug-likeness (QED) is 0.814. The minimum Gasteiger partial charge on any atom is -0.399 e. The molecular formula is C17H18N2S. The first-order valence-corrected chi connectivity index (χ1v) is 7.56. The molecule has 1 heterocycles. The van der Waals surface area contributed by atoms with Crippen LogP contribution in [0, 0.1) is 5.92 Å². The minimum absolute atomic E-state index is 0.426. The third kappa shape index (κ3) is 2.49. The van der Waals surface area contributed by atoms with Gasteiger partial charge in [0.1, 0.15) is 0 Å². The predicted octanol–water partition coefficient (Wildman–Crippen LogP) is 4.13. The molecule has 1 aromatic heterocycles. The molecule has 3 rings (SSSR count). The molecule has 1 aromatic carbocycles. The third-order valence-electron chi connectivity index (χ3n) is 3.67. The summed E-state index contributed by atoms with van der Waals surface area (Å²) in [6.07, 6.45) is 6.35. The van der Waals surface area contributed by atoms with E-state index in [0.717, 1.165) is 11.4 Å². The first-order valence-electron chi connectivity index (χ1n) is 6.74. The Morgan fingerprint density at radius 2 is 1.75 bits per heavy atom. The molecule has 0 spiro atoms. The van der Waals surface area contributed by atoms with Gasteiger partial charge in [-0.1, -0.05) is 31.2 Å². The van der Waals surface area contributed by atoms with Crippen LogP contribution in [0.25, 0.3) is 10.4 Å². The summed E-state index contributed by atoms with van der Waals surface area (Å²) < 4.78 is 0. The van der Waals surface area contributed by atoms with E-state index in [9.17, 15) is 0 Å². The highest BCUT2D eigenvalue weighted by Crippen LogP contribution is 2.38. The van der Waals surface area contributed by atoms with Crippen molar-refractivity contribution in [2.75, 3.05) is 5.73 Å². The van der Waals surface area contributed by atoms with Crippen molar-refractivity contribution < 1.29 is 0 Å². The number of rotatable bonds is 2. The first-order chi connectivity index (χ1) is 9.63. The summed E-state index contributed by atoms with van der Waals surface area (Å²) in [4.78, 5) is 2.66. The molecule has 2 atom stereocenters. The highest BCUT2D eigenvalue weighted by Gasteiger charge is 2.20. The largest absolute Gasteiger partial charge is 0.399 e. The Hall–Kier alpha value is -2.00. The van der Waals surface area contributed by atoms with Crippen LogP contribution in [0.3, 0.4) is 0 Å². The molecule has 0 saturated heterocycles. The smallest absolute Gasteiger partial charge is 0.0345 e. The molecule has 0 radical (unpaired) electrons. The lowest BCUT2D eigenvalue weighted by Gasteiger charge is -2.20. The van der Waals surface area contributed by atoms with Crippen molar-refractivity contribution in [2.24, 2.45) is 11.7 Å². The van der Waals surface area contributed by atoms with E-state index in [2.05, 4.69) is 43.3 Å². The SMILES string of the molecule is CC1C=C(N)C=CC1c1ccc(-c2ccc(N)cc2)s1. The first kappa shape index (κ1) is 13.0. The van der Waals surface area contributed by atoms with Crippen molar-refractivity contribution in [1.82, 2.24) is 0 Å². The number of allylic oxidation sites excluding steroid dienone is 3. The summed E-state index contributed by atoms with van der Waals surface area (Å²) >= 11 is 1.84. The molecule has 1 aliphatic carbocycles. The summed E-state index contributed by atoms with van der Waals surface area (Å²) in [5, 5.41) is 0. The zero-order chi connectivity index (χ0) is 14.1. The minimum atomic E-state index is 0.426. The molecule has 2 unspecified atom stereocenters. The predicted molar refractivity (Wildman–Crippen MR) is 87.5 cm³/mol. The molecule has 1 aliphatic rings. The maximum atomic E-state index is 5.84. The van der Waals surface area contributed by atoms with Crippen LogP contribution in [0.15, 0.2) is 60.3 Å². The molecule has 20 heavy (non-hydrogen) atoms. The molecule has 0 fully saturated rings. The maximum absolute atomic E-state index is 5.84. The van der Waals surface area contributed by atoms with Gasteiger partial charge < -0.3 is 11.5 Å². The average molecular weight is 282 g/mol. The standard InChI is InChI=1S/C17H18N2S/c1-11-10-14(19)6-7-15(11)17-9-8-16(20-17)12-2-4-13(18)5-3-12/h2-11,15H,18-19H2,1H3. The van der Waals surface area contributed by atoms with Gasteiger partial charge in [-0.15, -0.1) is 11.3 Å². The summed E-state index contributed by atoms with van der Waals surface area (Å²) in [6, 6.07) is 12.4. The highest BCUT2D eigenvalue weighted by atomic mass is 32.1. The van der Waals surface area contributed by atoms with Crippen molar-refractivity contribution in [3.8, 4) is 10.4 Å². The Balaban J connectivity index is 1.87. The molecule has 0 bridgehead atoms. The second-order valence-corrected chi connectivity index (χ2v) is 6.35. The van der Waals surface area contributed by atoms with Crippen LogP contribution in [0.5, 0.6) is 0 Å². The number of thiophene rings is 1. The summed E-state index contributed by atoms with van der Waals surface area (Å²) in [5.41, 5.74) is 14.5. The van der Waals surface area contributed by atoms with E-state index >= 15 is 0 Å². The van der Waals surface area contributed by atoms with Gasteiger partial charge in [0.25, 0.3) is 0 Å². The van der Waals surface area contributed by atoms with Crippen LogP contribution in [-0.4, -0.2) is 0 Å². The van der Waals surface area contributed by atoms with Gasteiger partial charge >= 0.3 is 0 Å². The van der Waals surface area contributed by atoms with Gasteiger partial charge in [-0.2, -0.15) is 0 Å². The Kier molecular flexibility index (Phi) is 3.36. The third-order valence-corrected chi connectivity index (χ3v) is 4.90. The zero-order valence-corrected chi connectivity index (χ0v) is 12.2. The lowest BCUT2D eigenvalue weighted by molar-refractivity contribution is 0.638. The van der Waals surface area contributed by atoms with Gasteiger partial charge in [-0.3, -0.25) is 0 Å². The molecule has 102 valence electrons. The van der Waals surface area contributed by atoms with E-state index in [1.807, 2.05) is 29.5 Å². The van der Waals surface area contributed by atoms with Gasteiger partial charge in [0.2, 0.25) is 0 Å². The molecule has 3 heteroatoms. The average Bonchev–Trinajstić information content (AvgIpc) is 2.89. The second kappa shape index (κ2) is 5.17. The Morgan fingerprint density at radius 3 is 2.45 bits per heavy atom. The van der Waals surface area contributed by atoms with Crippen LogP contribution in [-0.2, 0) is 0 Å². The normalized spacial score (nSPS) is 21.8. The highest BCUT2D eigenvalue weighted by molar-refractivity contribution is 7.15. The van der Waals surface area contributed by atoms with E-state index in [1.54, 1.807) is 0 Å². The van der Waals surface area contributed by atoms with Gasteiger partial charge in [0.05, 0.1) is 0 Å². The van der Waals surface area contributed by atoms with E-state index < -0.39 is 0 Å². The van der Waals surface area contributed by atoms with Gasteiger partial charge in [-0.05, 0) is 41.8 Å². The van der Waals surface area contributed by atoms with Crippen LogP contribution in [0.1, 0.15) is 17.7 Å². The monoisotopic (exact) mass is 282 g/mol. The lowest BCUT2D eigenvalue weighted by atomic mass is 9.88. The number of hydrogen-bond donors (Lipinski definition) is 2. The molecule has 0 amide bonds. The van der Waals surface area contributed by atoms with Crippen LogP contribution in [0.2, 0.25) is 0 Å². The maximum Gasteiger partial charge on any atom is 0.0345 e. The molecule has 2 nitrogen and oxygen atoms in total. The lowest BCUT2D eigenvalue weighted by Crippen LogP contribution is -2.10. The van der Waals surface area contributed by atoms with E-state index in [0.29, 0.717) is 11.8 Å². The van der Waals surface area contributed by atoms with Crippen LogP contribution >= 0.6 is 11.3 Å². The summed E-state index contributed by atoms with van der Waals surface area (Å²) in [5.74, 6) is 0.868. The van der Waals surface area contributed by atoms with Gasteiger partial charge in [0.15, 0.2) is 0 Å². The summed E-state index contributed by atoms with van der Waals surface area (Å²) in [7, 11) is 0. The molecule has 0 aliphatic heterocycles. The molecule has 4 N–H and O–H groups in total. The fourth-order valence-electron chi connectivity index (χ4n) is 2.54. The second-order valence-electron chi connectivity index (χ2n) is 5.23. The van der Waals surface area contributed by atoms with Crippen LogP contribution in [0.4, 0.5) is 5.69 Å². The topological polar surface area (TPSA) is 52.0 Å².